The van der Waals surface area contributed by atoms with Gasteiger partial charge in [0, 0.05) is 49.5 Å². The lowest BCUT2D eigenvalue weighted by atomic mass is 9.85. The van der Waals surface area contributed by atoms with Gasteiger partial charge >= 0.3 is 6.09 Å². The molecule has 2 N–H and O–H groups in total. The molecule has 1 heterocycles. The van der Waals surface area contributed by atoms with Gasteiger partial charge in [-0.1, -0.05) is 35.9 Å². The van der Waals surface area contributed by atoms with E-state index in [0.29, 0.717) is 18.5 Å². The molecule has 168 valence electrons. The lowest BCUT2D eigenvalue weighted by Crippen LogP contribution is -2.37. The Morgan fingerprint density at radius 2 is 1.75 bits per heavy atom. The van der Waals surface area contributed by atoms with Crippen LogP contribution >= 0.6 is 0 Å². The van der Waals surface area contributed by atoms with Gasteiger partial charge in [0.2, 0.25) is 0 Å². The Bertz CT molecular complexity index is 1070. The summed E-state index contributed by atoms with van der Waals surface area (Å²) in [6.07, 6.45) is 3.14. The monoisotopic (exact) mass is 432 g/mol. The number of aromatic nitrogens is 1. The van der Waals surface area contributed by atoms with E-state index in [1.54, 1.807) is 0 Å². The molecular weight excluding hydrogens is 400 g/mol. The molecule has 1 saturated carbocycles. The first kappa shape index (κ1) is 21.9. The van der Waals surface area contributed by atoms with E-state index in [0.717, 1.165) is 59.3 Å². The van der Waals surface area contributed by atoms with Crippen molar-refractivity contribution in [2.45, 2.75) is 38.6 Å². The fraction of sp³-hybridized carbons (Fsp3) is 0.385. The third kappa shape index (κ3) is 4.96. The van der Waals surface area contributed by atoms with Crippen molar-refractivity contribution < 1.29 is 9.90 Å². The van der Waals surface area contributed by atoms with E-state index in [1.165, 1.54) is 4.90 Å². The topological polar surface area (TPSA) is 68.7 Å². The Hall–Kier alpha value is -3.28. The van der Waals surface area contributed by atoms with Crippen molar-refractivity contribution in [1.82, 2.24) is 4.98 Å². The van der Waals surface area contributed by atoms with Crippen molar-refractivity contribution in [3.8, 4) is 0 Å². The molecular formula is C26H32N4O2. The van der Waals surface area contributed by atoms with Crippen LogP contribution in [0.5, 0.6) is 0 Å². The number of pyridine rings is 1. The number of fused-ring (bicyclic) bond motifs is 1. The molecule has 1 aliphatic carbocycles. The predicted molar refractivity (Wildman–Crippen MR) is 132 cm³/mol. The van der Waals surface area contributed by atoms with E-state index in [9.17, 15) is 9.90 Å². The van der Waals surface area contributed by atoms with Crippen LogP contribution in [-0.2, 0) is 0 Å². The Balaban J connectivity index is 1.39. The lowest BCUT2D eigenvalue weighted by Gasteiger charge is -2.32. The maximum atomic E-state index is 11.9. The highest BCUT2D eigenvalue weighted by atomic mass is 16.4. The summed E-state index contributed by atoms with van der Waals surface area (Å²) in [5.41, 5.74) is 4.03. The number of benzene rings is 2. The molecule has 1 aromatic heterocycles. The van der Waals surface area contributed by atoms with Crippen LogP contribution in [0.3, 0.4) is 0 Å². The van der Waals surface area contributed by atoms with Crippen molar-refractivity contribution in [3.63, 3.8) is 0 Å². The number of hydrogen-bond acceptors (Lipinski definition) is 4. The van der Waals surface area contributed by atoms with E-state index in [-0.39, 0.29) is 0 Å². The summed E-state index contributed by atoms with van der Waals surface area (Å²) in [6.45, 7) is 2.55. The molecule has 32 heavy (non-hydrogen) atoms. The molecule has 1 aliphatic rings. The van der Waals surface area contributed by atoms with Crippen molar-refractivity contribution in [2.75, 3.05) is 35.8 Å². The molecule has 0 aliphatic heterocycles. The minimum Gasteiger partial charge on any atom is -0.465 e. The number of carbonyl (C=O) groups is 1. The first-order chi connectivity index (χ1) is 15.4. The Labute approximate surface area is 189 Å². The number of carboxylic acid groups (broad SMARTS) is 1. The van der Waals surface area contributed by atoms with Gasteiger partial charge in [-0.3, -0.25) is 4.90 Å². The molecule has 3 aromatic rings. The number of nitrogens with one attached hydrogen (secondary N) is 1. The Morgan fingerprint density at radius 1 is 1.06 bits per heavy atom. The van der Waals surface area contributed by atoms with Crippen LogP contribution in [0.2, 0.25) is 0 Å². The lowest BCUT2D eigenvalue weighted by molar-refractivity contribution is 0.199. The number of para-hydroxylation sites is 1. The van der Waals surface area contributed by atoms with E-state index in [2.05, 4.69) is 42.5 Å². The maximum Gasteiger partial charge on any atom is 0.411 e. The van der Waals surface area contributed by atoms with Crippen LogP contribution in [0, 0.1) is 12.8 Å². The van der Waals surface area contributed by atoms with E-state index >= 15 is 0 Å². The second-order valence-corrected chi connectivity index (χ2v) is 9.03. The van der Waals surface area contributed by atoms with Crippen LogP contribution in [0.1, 0.15) is 31.2 Å². The smallest absolute Gasteiger partial charge is 0.411 e. The van der Waals surface area contributed by atoms with E-state index < -0.39 is 6.09 Å². The summed E-state index contributed by atoms with van der Waals surface area (Å²) in [6, 6.07) is 18.4. The molecule has 0 unspecified atom stereocenters. The van der Waals surface area contributed by atoms with Crippen molar-refractivity contribution in [1.29, 1.82) is 0 Å². The summed E-state index contributed by atoms with van der Waals surface area (Å²) in [5.74, 6) is 1.27. The number of rotatable bonds is 6. The molecule has 0 radical (unpaired) electrons. The van der Waals surface area contributed by atoms with Gasteiger partial charge in [-0.25, -0.2) is 9.78 Å². The highest BCUT2D eigenvalue weighted by Gasteiger charge is 2.26. The molecule has 1 amide bonds. The van der Waals surface area contributed by atoms with Gasteiger partial charge in [0.25, 0.3) is 0 Å². The predicted octanol–water partition coefficient (Wildman–Crippen LogP) is 5.76. The van der Waals surface area contributed by atoms with Crippen LogP contribution in [0.4, 0.5) is 22.0 Å². The van der Waals surface area contributed by atoms with Gasteiger partial charge in [-0.15, -0.1) is 0 Å². The van der Waals surface area contributed by atoms with E-state index in [4.69, 9.17) is 4.98 Å². The average molecular weight is 433 g/mol. The Kier molecular flexibility index (Phi) is 6.49. The molecule has 0 atom stereocenters. The minimum atomic E-state index is -0.884. The summed E-state index contributed by atoms with van der Waals surface area (Å²) in [4.78, 5) is 20.3. The zero-order valence-electron chi connectivity index (χ0n) is 19.1. The largest absolute Gasteiger partial charge is 0.465 e. The SMILES string of the molecule is Cc1ccc(N(C[C@H]2CC[C@@H](Nc3cc(N(C)C)c4ccccc4n3)CC2)C(=O)O)cc1. The van der Waals surface area contributed by atoms with Crippen molar-refractivity contribution in [3.05, 3.63) is 60.2 Å². The standard InChI is InChI=1S/C26H32N4O2/c1-18-8-14-21(15-9-18)30(26(31)32)17-19-10-12-20(13-11-19)27-25-16-24(29(2)3)22-6-4-5-7-23(22)28-25/h4-9,14-16,19-20H,10-13,17H2,1-3H3,(H,27,28)(H,31,32)/t19-,20+. The summed E-state index contributed by atoms with van der Waals surface area (Å²) < 4.78 is 0. The number of aryl methyl sites for hydroxylation is 1. The fourth-order valence-electron chi connectivity index (χ4n) is 4.58. The van der Waals surface area contributed by atoms with Gasteiger partial charge in [-0.2, -0.15) is 0 Å². The molecule has 0 saturated heterocycles. The van der Waals surface area contributed by atoms with Crippen LogP contribution in [0.25, 0.3) is 10.9 Å². The molecule has 0 spiro atoms. The van der Waals surface area contributed by atoms with Crippen LogP contribution in [-0.4, -0.2) is 42.9 Å². The van der Waals surface area contributed by atoms with Gasteiger partial charge in [0.05, 0.1) is 5.52 Å². The number of hydrogen-bond donors (Lipinski definition) is 2. The van der Waals surface area contributed by atoms with Crippen LogP contribution < -0.4 is 15.1 Å². The normalized spacial score (nSPS) is 18.3. The van der Waals surface area contributed by atoms with E-state index in [1.807, 2.05) is 43.3 Å². The molecule has 4 rings (SSSR count). The first-order valence-electron chi connectivity index (χ1n) is 11.3. The Morgan fingerprint density at radius 3 is 2.41 bits per heavy atom. The average Bonchev–Trinajstić information content (AvgIpc) is 2.78. The molecule has 6 nitrogen and oxygen atoms in total. The number of anilines is 3. The van der Waals surface area contributed by atoms with Gasteiger partial charge in [0.1, 0.15) is 5.82 Å². The zero-order chi connectivity index (χ0) is 22.7. The van der Waals surface area contributed by atoms with Crippen LogP contribution in [0.15, 0.2) is 54.6 Å². The number of amides is 1. The second kappa shape index (κ2) is 9.47. The van der Waals surface area contributed by atoms with Gasteiger partial charge in [0.15, 0.2) is 0 Å². The van der Waals surface area contributed by atoms with Crippen molar-refractivity contribution >= 4 is 34.2 Å². The van der Waals surface area contributed by atoms with Crippen molar-refractivity contribution in [2.24, 2.45) is 5.92 Å². The summed E-state index contributed by atoms with van der Waals surface area (Å²) in [7, 11) is 4.11. The summed E-state index contributed by atoms with van der Waals surface area (Å²) in [5, 5.41) is 14.5. The van der Waals surface area contributed by atoms with Gasteiger partial charge < -0.3 is 15.3 Å². The highest BCUT2D eigenvalue weighted by molar-refractivity contribution is 5.93. The zero-order valence-corrected chi connectivity index (χ0v) is 19.1. The molecule has 2 aromatic carbocycles. The third-order valence-corrected chi connectivity index (χ3v) is 6.39. The molecule has 6 heteroatoms. The minimum absolute atomic E-state index is 0.354. The summed E-state index contributed by atoms with van der Waals surface area (Å²) >= 11 is 0. The fourth-order valence-corrected chi connectivity index (χ4v) is 4.58. The third-order valence-electron chi connectivity index (χ3n) is 6.39. The second-order valence-electron chi connectivity index (χ2n) is 9.03. The molecule has 1 fully saturated rings. The highest BCUT2D eigenvalue weighted by Crippen LogP contribution is 2.31. The first-order valence-corrected chi connectivity index (χ1v) is 11.3. The van der Waals surface area contributed by atoms with Gasteiger partial charge in [-0.05, 0) is 56.7 Å². The molecule has 0 bridgehead atoms. The maximum absolute atomic E-state index is 11.9. The number of nitrogens with zero attached hydrogens (tertiary/aromatic N) is 3. The quantitative estimate of drug-likeness (QED) is 0.518.